The average Bonchev–Trinajstić information content (AvgIpc) is 2.43. The second kappa shape index (κ2) is 9.30. The number of benzene rings is 1. The molecule has 0 heterocycles. The number of unbranched alkanes of at least 4 members (excludes halogenated alkanes) is 1. The van der Waals surface area contributed by atoms with Crippen LogP contribution in [0.5, 0.6) is 0 Å². The van der Waals surface area contributed by atoms with Gasteiger partial charge in [0.25, 0.3) is 0 Å². The first-order valence-corrected chi connectivity index (χ1v) is 7.90. The zero-order chi connectivity index (χ0) is 16.4. The van der Waals surface area contributed by atoms with Gasteiger partial charge in [-0.3, -0.25) is 0 Å². The van der Waals surface area contributed by atoms with Gasteiger partial charge in [0, 0.05) is 18.8 Å². The van der Waals surface area contributed by atoms with Gasteiger partial charge in [-0.2, -0.15) is 0 Å². The lowest BCUT2D eigenvalue weighted by Gasteiger charge is -2.19. The molecular weight excluding hydrogens is 278 g/mol. The third-order valence-electron chi connectivity index (χ3n) is 3.00. The van der Waals surface area contributed by atoms with Gasteiger partial charge < -0.3 is 21.1 Å². The molecule has 22 heavy (non-hydrogen) atoms. The molecule has 0 saturated carbocycles. The van der Waals surface area contributed by atoms with Gasteiger partial charge in [0.15, 0.2) is 0 Å². The van der Waals surface area contributed by atoms with Gasteiger partial charge in [0.2, 0.25) is 0 Å². The van der Waals surface area contributed by atoms with Crippen LogP contribution in [0.15, 0.2) is 24.3 Å². The molecule has 1 aromatic carbocycles. The lowest BCUT2D eigenvalue weighted by atomic mass is 10.1. The zero-order valence-electron chi connectivity index (χ0n) is 13.9. The Morgan fingerprint density at radius 3 is 2.41 bits per heavy atom. The monoisotopic (exact) mass is 307 g/mol. The van der Waals surface area contributed by atoms with Crippen LogP contribution in [0.2, 0.25) is 0 Å². The summed E-state index contributed by atoms with van der Waals surface area (Å²) in [7, 11) is 0. The largest absolute Gasteiger partial charge is 0.444 e. The van der Waals surface area contributed by atoms with Crippen molar-refractivity contribution in [1.82, 2.24) is 5.32 Å². The van der Waals surface area contributed by atoms with Crippen molar-refractivity contribution in [3.63, 3.8) is 0 Å². The highest BCUT2D eigenvalue weighted by Gasteiger charge is 2.15. The lowest BCUT2D eigenvalue weighted by Crippen LogP contribution is -2.34. The van der Waals surface area contributed by atoms with Crippen LogP contribution >= 0.6 is 0 Å². The summed E-state index contributed by atoms with van der Waals surface area (Å²) < 4.78 is 5.17. The van der Waals surface area contributed by atoms with E-state index in [-0.39, 0.29) is 6.09 Å². The first kappa shape index (κ1) is 18.3. The van der Waals surface area contributed by atoms with Gasteiger partial charge in [0.1, 0.15) is 5.60 Å². The molecule has 0 unspecified atom stereocenters. The maximum absolute atomic E-state index is 11.5. The van der Waals surface area contributed by atoms with Crippen LogP contribution in [0, 0.1) is 0 Å². The summed E-state index contributed by atoms with van der Waals surface area (Å²) in [6.45, 7) is 7.48. The number of amides is 1. The normalized spacial score (nSPS) is 11.1. The first-order valence-electron chi connectivity index (χ1n) is 7.90. The van der Waals surface area contributed by atoms with E-state index in [2.05, 4.69) is 34.9 Å². The lowest BCUT2D eigenvalue weighted by molar-refractivity contribution is 0.0530. The van der Waals surface area contributed by atoms with Crippen LogP contribution in [0.4, 0.5) is 10.5 Å². The van der Waals surface area contributed by atoms with Crippen molar-refractivity contribution in [2.75, 3.05) is 25.0 Å². The van der Waals surface area contributed by atoms with Crippen molar-refractivity contribution in [1.29, 1.82) is 0 Å². The molecule has 0 saturated heterocycles. The Morgan fingerprint density at radius 2 is 1.82 bits per heavy atom. The van der Waals surface area contributed by atoms with Crippen molar-refractivity contribution in [2.24, 2.45) is 5.73 Å². The number of rotatable bonds is 8. The van der Waals surface area contributed by atoms with E-state index in [1.807, 2.05) is 20.8 Å². The van der Waals surface area contributed by atoms with Gasteiger partial charge in [-0.1, -0.05) is 12.1 Å². The molecule has 1 rings (SSSR count). The topological polar surface area (TPSA) is 76.4 Å². The molecule has 0 aliphatic rings. The van der Waals surface area contributed by atoms with Gasteiger partial charge >= 0.3 is 6.09 Å². The maximum Gasteiger partial charge on any atom is 0.407 e. The highest BCUT2D eigenvalue weighted by molar-refractivity contribution is 5.67. The Labute approximate surface area is 133 Å². The number of alkyl carbamates (subject to hydrolysis) is 1. The minimum Gasteiger partial charge on any atom is -0.444 e. The minimum absolute atomic E-state index is 0.385. The Morgan fingerprint density at radius 1 is 1.14 bits per heavy atom. The molecule has 124 valence electrons. The van der Waals surface area contributed by atoms with Crippen molar-refractivity contribution >= 4 is 11.8 Å². The molecule has 5 heteroatoms. The molecule has 4 N–H and O–H groups in total. The molecule has 0 bridgehead atoms. The van der Waals surface area contributed by atoms with E-state index in [1.54, 1.807) is 0 Å². The standard InChI is InChI=1S/C17H29N3O2/c1-17(2,3)22-16(21)20-13-12-19-15-9-7-14(8-10-15)6-4-5-11-18/h7-10,19H,4-6,11-13,18H2,1-3H3,(H,20,21). The molecule has 0 aromatic heterocycles. The Bertz CT molecular complexity index is 438. The Kier molecular flexibility index (Phi) is 7.74. The van der Waals surface area contributed by atoms with Gasteiger partial charge in [-0.25, -0.2) is 4.79 Å². The highest BCUT2D eigenvalue weighted by atomic mass is 16.6. The number of ether oxygens (including phenoxy) is 1. The summed E-state index contributed by atoms with van der Waals surface area (Å²) in [5.41, 5.74) is 7.40. The SMILES string of the molecule is CC(C)(C)OC(=O)NCCNc1ccc(CCCCN)cc1. The molecule has 0 aliphatic carbocycles. The third-order valence-corrected chi connectivity index (χ3v) is 3.00. The fraction of sp³-hybridized carbons (Fsp3) is 0.588. The average molecular weight is 307 g/mol. The molecular formula is C17H29N3O2. The van der Waals surface area contributed by atoms with Gasteiger partial charge in [0.05, 0.1) is 0 Å². The van der Waals surface area contributed by atoms with Crippen LogP contribution in [-0.4, -0.2) is 31.3 Å². The number of hydrogen-bond donors (Lipinski definition) is 3. The van der Waals surface area contributed by atoms with Crippen LogP contribution in [0.25, 0.3) is 0 Å². The number of carbonyl (C=O) groups is 1. The highest BCUT2D eigenvalue weighted by Crippen LogP contribution is 2.11. The summed E-state index contributed by atoms with van der Waals surface area (Å²) in [6.07, 6.45) is 2.88. The predicted molar refractivity (Wildman–Crippen MR) is 91.2 cm³/mol. The summed E-state index contributed by atoms with van der Waals surface area (Å²) in [5.74, 6) is 0. The van der Waals surface area contributed by atoms with Crippen LogP contribution in [-0.2, 0) is 11.2 Å². The zero-order valence-corrected chi connectivity index (χ0v) is 13.9. The van der Waals surface area contributed by atoms with E-state index in [0.29, 0.717) is 13.1 Å². The molecule has 0 aliphatic heterocycles. The number of anilines is 1. The van der Waals surface area contributed by atoms with Gasteiger partial charge in [-0.05, 0) is 64.3 Å². The second-order valence-electron chi connectivity index (χ2n) is 6.30. The third kappa shape index (κ3) is 8.52. The predicted octanol–water partition coefficient (Wildman–Crippen LogP) is 2.90. The fourth-order valence-corrected chi connectivity index (χ4v) is 1.95. The van der Waals surface area contributed by atoms with Crippen LogP contribution in [0.1, 0.15) is 39.2 Å². The van der Waals surface area contributed by atoms with Crippen LogP contribution in [0.3, 0.4) is 0 Å². The summed E-state index contributed by atoms with van der Waals surface area (Å²) in [6, 6.07) is 8.37. The fourth-order valence-electron chi connectivity index (χ4n) is 1.95. The molecule has 0 atom stereocenters. The van der Waals surface area contributed by atoms with E-state index >= 15 is 0 Å². The molecule has 0 fully saturated rings. The van der Waals surface area contributed by atoms with Crippen LogP contribution < -0.4 is 16.4 Å². The van der Waals surface area contributed by atoms with Gasteiger partial charge in [-0.15, -0.1) is 0 Å². The number of carbonyl (C=O) groups excluding carboxylic acids is 1. The van der Waals surface area contributed by atoms with E-state index in [4.69, 9.17) is 10.5 Å². The van der Waals surface area contributed by atoms with Crippen molar-refractivity contribution in [3.05, 3.63) is 29.8 Å². The summed E-state index contributed by atoms with van der Waals surface area (Å²) >= 11 is 0. The van der Waals surface area contributed by atoms with Crippen molar-refractivity contribution in [3.8, 4) is 0 Å². The molecule has 5 nitrogen and oxygen atoms in total. The molecule has 0 radical (unpaired) electrons. The second-order valence-corrected chi connectivity index (χ2v) is 6.30. The molecule has 1 amide bonds. The van der Waals surface area contributed by atoms with E-state index in [0.717, 1.165) is 31.5 Å². The smallest absolute Gasteiger partial charge is 0.407 e. The van der Waals surface area contributed by atoms with Crippen molar-refractivity contribution < 1.29 is 9.53 Å². The Balaban J connectivity index is 2.21. The first-order chi connectivity index (χ1) is 10.4. The number of nitrogens with two attached hydrogens (primary N) is 1. The van der Waals surface area contributed by atoms with E-state index in [9.17, 15) is 4.79 Å². The number of aryl methyl sites for hydroxylation is 1. The number of hydrogen-bond acceptors (Lipinski definition) is 4. The quantitative estimate of drug-likeness (QED) is 0.645. The molecule has 1 aromatic rings. The maximum atomic E-state index is 11.5. The summed E-state index contributed by atoms with van der Waals surface area (Å²) in [4.78, 5) is 11.5. The number of nitrogens with one attached hydrogen (secondary N) is 2. The van der Waals surface area contributed by atoms with E-state index < -0.39 is 5.60 Å². The van der Waals surface area contributed by atoms with Crippen molar-refractivity contribution in [2.45, 2.75) is 45.6 Å². The van der Waals surface area contributed by atoms with E-state index in [1.165, 1.54) is 5.56 Å². The molecule has 0 spiro atoms. The summed E-state index contributed by atoms with van der Waals surface area (Å²) in [5, 5.41) is 5.99. The minimum atomic E-state index is -0.461. The Hall–Kier alpha value is -1.75.